The van der Waals surface area contributed by atoms with Crippen LogP contribution in [0.1, 0.15) is 44.9 Å². The number of carbonyl (C=O) groups is 2. The Morgan fingerprint density at radius 2 is 1.64 bits per heavy atom. The molecule has 1 saturated heterocycles. The van der Waals surface area contributed by atoms with Gasteiger partial charge < -0.3 is 29.1 Å². The van der Waals surface area contributed by atoms with Crippen LogP contribution in [0.25, 0.3) is 5.76 Å². The molecule has 8 heteroatoms. The van der Waals surface area contributed by atoms with Gasteiger partial charge in [-0.3, -0.25) is 9.59 Å². The lowest BCUT2D eigenvalue weighted by molar-refractivity contribution is -0.857. The Kier molecular flexibility index (Phi) is 8.98. The maximum Gasteiger partial charge on any atom is 0.295 e. The van der Waals surface area contributed by atoms with Crippen LogP contribution >= 0.6 is 0 Å². The average molecular weight is 497 g/mol. The van der Waals surface area contributed by atoms with Crippen LogP contribution in [0.4, 0.5) is 0 Å². The fourth-order valence-electron chi connectivity index (χ4n) is 4.14. The molecule has 1 fully saturated rings. The molecule has 1 aliphatic heterocycles. The molecule has 0 bridgehead atoms. The van der Waals surface area contributed by atoms with Crippen LogP contribution in [0.2, 0.25) is 0 Å². The number of hydrogen-bond acceptors (Lipinski definition) is 6. The lowest BCUT2D eigenvalue weighted by Crippen LogP contribution is -3.06. The van der Waals surface area contributed by atoms with Crippen molar-refractivity contribution in [1.29, 1.82) is 0 Å². The third kappa shape index (κ3) is 5.99. The van der Waals surface area contributed by atoms with Crippen molar-refractivity contribution in [1.82, 2.24) is 4.90 Å². The quantitative estimate of drug-likeness (QED) is 0.289. The van der Waals surface area contributed by atoms with Crippen molar-refractivity contribution in [3.8, 4) is 17.2 Å². The number of likely N-dealkylation sites (N-methyl/N-ethyl adjacent to an activating group) is 1. The van der Waals surface area contributed by atoms with Crippen molar-refractivity contribution < 1.29 is 33.8 Å². The summed E-state index contributed by atoms with van der Waals surface area (Å²) in [6.07, 6.45) is -0.00841. The van der Waals surface area contributed by atoms with Crippen LogP contribution in [0.3, 0.4) is 0 Å². The topological polar surface area (TPSA) is 92.6 Å². The first kappa shape index (κ1) is 27.1. The molecule has 1 atom stereocenters. The molecule has 2 aromatic carbocycles. The van der Waals surface area contributed by atoms with Crippen LogP contribution in [0.5, 0.6) is 17.2 Å². The van der Waals surface area contributed by atoms with Crippen molar-refractivity contribution in [2.24, 2.45) is 0 Å². The molecule has 0 aromatic heterocycles. The largest absolute Gasteiger partial charge is 0.872 e. The summed E-state index contributed by atoms with van der Waals surface area (Å²) < 4.78 is 17.1. The van der Waals surface area contributed by atoms with Crippen molar-refractivity contribution in [2.75, 3.05) is 40.4 Å². The van der Waals surface area contributed by atoms with Gasteiger partial charge in [-0.25, -0.2) is 0 Å². The van der Waals surface area contributed by atoms with Crippen LogP contribution in [-0.4, -0.2) is 63.1 Å². The first-order valence-electron chi connectivity index (χ1n) is 12.4. The highest BCUT2D eigenvalue weighted by molar-refractivity contribution is 6.46. The molecule has 2 aromatic rings. The summed E-state index contributed by atoms with van der Waals surface area (Å²) in [6.45, 7) is 9.40. The third-order valence-corrected chi connectivity index (χ3v) is 5.75. The lowest BCUT2D eigenvalue weighted by Gasteiger charge is -2.28. The first-order valence-corrected chi connectivity index (χ1v) is 12.4. The van der Waals surface area contributed by atoms with Crippen LogP contribution < -0.4 is 24.2 Å². The van der Waals surface area contributed by atoms with E-state index in [0.717, 1.165) is 4.90 Å². The Labute approximate surface area is 213 Å². The number of benzene rings is 2. The van der Waals surface area contributed by atoms with E-state index in [1.54, 1.807) is 42.5 Å². The van der Waals surface area contributed by atoms with E-state index in [9.17, 15) is 14.7 Å². The number of nitrogens with zero attached hydrogens (tertiary/aromatic N) is 1. The zero-order valence-corrected chi connectivity index (χ0v) is 21.9. The minimum absolute atomic E-state index is 0.00841. The second kappa shape index (κ2) is 11.9. The van der Waals surface area contributed by atoms with Gasteiger partial charge in [0.2, 0.25) is 5.78 Å². The molecule has 0 saturated carbocycles. The number of ketones is 1. The van der Waals surface area contributed by atoms with Gasteiger partial charge in [-0.2, -0.15) is 0 Å². The third-order valence-electron chi connectivity index (χ3n) is 5.75. The van der Waals surface area contributed by atoms with E-state index in [0.29, 0.717) is 54.7 Å². The maximum absolute atomic E-state index is 13.6. The lowest BCUT2D eigenvalue weighted by atomic mass is 9.95. The van der Waals surface area contributed by atoms with Gasteiger partial charge in [-0.1, -0.05) is 24.0 Å². The van der Waals surface area contributed by atoms with E-state index in [2.05, 4.69) is 0 Å². The van der Waals surface area contributed by atoms with E-state index in [1.165, 1.54) is 4.90 Å². The predicted molar refractivity (Wildman–Crippen MR) is 135 cm³/mol. The highest BCUT2D eigenvalue weighted by atomic mass is 16.5. The second-order valence-electron chi connectivity index (χ2n) is 9.19. The van der Waals surface area contributed by atoms with Crippen molar-refractivity contribution in [3.63, 3.8) is 0 Å². The number of rotatable bonds is 11. The fraction of sp³-hybridized carbons (Fsp3) is 0.429. The van der Waals surface area contributed by atoms with Crippen molar-refractivity contribution in [3.05, 3.63) is 59.2 Å². The number of likely N-dealkylation sites (tertiary alicyclic amines) is 1. The molecule has 1 heterocycles. The van der Waals surface area contributed by atoms with E-state index in [1.807, 2.05) is 41.8 Å². The normalized spacial score (nSPS) is 17.2. The summed E-state index contributed by atoms with van der Waals surface area (Å²) in [5, 5.41) is 13.6. The zero-order chi connectivity index (χ0) is 26.4. The number of Topliss-reactive ketones (excluding diaryl/α,β-unsaturated/α-hetero) is 1. The highest BCUT2D eigenvalue weighted by Crippen LogP contribution is 2.41. The molecule has 36 heavy (non-hydrogen) atoms. The Bertz CT molecular complexity index is 1110. The molecule has 0 radical (unpaired) electrons. The van der Waals surface area contributed by atoms with Gasteiger partial charge in [0, 0.05) is 5.57 Å². The summed E-state index contributed by atoms with van der Waals surface area (Å²) in [7, 11) is 3.94. The number of nitrogens with one attached hydrogen (secondary N) is 1. The molecule has 8 nitrogen and oxygen atoms in total. The summed E-state index contributed by atoms with van der Waals surface area (Å²) in [5.74, 6) is -0.217. The van der Waals surface area contributed by atoms with Gasteiger partial charge in [0.25, 0.3) is 5.91 Å². The Balaban J connectivity index is 2.13. The average Bonchev–Trinajstić information content (AvgIpc) is 3.08. The van der Waals surface area contributed by atoms with Crippen LogP contribution in [0.15, 0.2) is 48.0 Å². The molecular weight excluding hydrogens is 460 g/mol. The number of quaternary nitrogens is 1. The minimum atomic E-state index is -0.821. The van der Waals surface area contributed by atoms with Gasteiger partial charge in [0.15, 0.2) is 11.5 Å². The number of amides is 1. The molecule has 1 N–H and O–H groups in total. The molecule has 0 spiro atoms. The van der Waals surface area contributed by atoms with Crippen LogP contribution in [0, 0.1) is 0 Å². The standard InChI is InChI=1S/C28H36N2O6/c1-7-34-22-14-11-20(17-23(22)35-8-2)25-24(27(32)28(33)30(25)16-15-29(5)6)26(31)19-9-12-21(13-10-19)36-18(3)4/h9-14,17-18,25,31H,7-8,15-16H2,1-6H3. The predicted octanol–water partition coefficient (Wildman–Crippen LogP) is 1.64. The monoisotopic (exact) mass is 496 g/mol. The van der Waals surface area contributed by atoms with Crippen molar-refractivity contribution in [2.45, 2.75) is 39.8 Å². The van der Waals surface area contributed by atoms with Gasteiger partial charge >= 0.3 is 0 Å². The Hall–Kier alpha value is -3.52. The minimum Gasteiger partial charge on any atom is -0.872 e. The molecule has 0 aliphatic carbocycles. The summed E-state index contributed by atoms with van der Waals surface area (Å²) in [5.41, 5.74) is 0.888. The summed E-state index contributed by atoms with van der Waals surface area (Å²) in [6, 6.07) is 11.1. The Morgan fingerprint density at radius 3 is 2.22 bits per heavy atom. The van der Waals surface area contributed by atoms with E-state index < -0.39 is 23.5 Å². The van der Waals surface area contributed by atoms with Gasteiger partial charge in [-0.05, 0) is 63.1 Å². The first-order chi connectivity index (χ1) is 17.2. The molecule has 3 rings (SSSR count). The number of ether oxygens (including phenoxy) is 3. The molecule has 194 valence electrons. The van der Waals surface area contributed by atoms with Gasteiger partial charge in [-0.15, -0.1) is 0 Å². The zero-order valence-electron chi connectivity index (χ0n) is 21.9. The fourth-order valence-corrected chi connectivity index (χ4v) is 4.14. The number of hydrogen-bond donors (Lipinski definition) is 1. The molecule has 1 unspecified atom stereocenters. The summed E-state index contributed by atoms with van der Waals surface area (Å²) >= 11 is 0. The highest BCUT2D eigenvalue weighted by Gasteiger charge is 2.44. The number of carbonyl (C=O) groups excluding carboxylic acids is 2. The van der Waals surface area contributed by atoms with Crippen LogP contribution in [-0.2, 0) is 9.59 Å². The van der Waals surface area contributed by atoms with E-state index in [4.69, 9.17) is 14.2 Å². The Morgan fingerprint density at radius 1 is 1.00 bits per heavy atom. The van der Waals surface area contributed by atoms with E-state index >= 15 is 0 Å². The molecule has 1 aliphatic rings. The SMILES string of the molecule is CCOc1ccc(C2C(=C([O-])c3ccc(OC(C)C)cc3)C(=O)C(=O)N2CC[NH+](C)C)cc1OCC. The van der Waals surface area contributed by atoms with E-state index in [-0.39, 0.29) is 11.7 Å². The molecule has 1 amide bonds. The maximum atomic E-state index is 13.6. The smallest absolute Gasteiger partial charge is 0.295 e. The van der Waals surface area contributed by atoms with Crippen molar-refractivity contribution >= 4 is 17.4 Å². The second-order valence-corrected chi connectivity index (χ2v) is 9.19. The summed E-state index contributed by atoms with van der Waals surface area (Å²) in [4.78, 5) is 28.9. The van der Waals surface area contributed by atoms with Gasteiger partial charge in [0.1, 0.15) is 5.75 Å². The molecular formula is C28H36N2O6. The van der Waals surface area contributed by atoms with Gasteiger partial charge in [0.05, 0.1) is 52.5 Å².